The molecule has 0 nitrogen and oxygen atoms in total. The SMILES string of the molecule is Cc1ccccc1.[Cd]. The van der Waals surface area contributed by atoms with Crippen molar-refractivity contribution < 1.29 is 27.3 Å². The molecule has 1 rings (SSSR count). The smallest absolute Gasteiger partial charge is 0 e. The number of hydrogen-bond donors (Lipinski definition) is 0. The van der Waals surface area contributed by atoms with Crippen LogP contribution in [0.3, 0.4) is 0 Å². The van der Waals surface area contributed by atoms with Gasteiger partial charge in [-0.2, -0.15) is 0 Å². The van der Waals surface area contributed by atoms with Gasteiger partial charge in [0.15, 0.2) is 0 Å². The summed E-state index contributed by atoms with van der Waals surface area (Å²) < 4.78 is 0. The number of rotatable bonds is 0. The molecule has 8 heavy (non-hydrogen) atoms. The first-order valence-corrected chi connectivity index (χ1v) is 2.41. The molecule has 1 aromatic rings. The van der Waals surface area contributed by atoms with E-state index in [0.29, 0.717) is 0 Å². The third-order valence-corrected chi connectivity index (χ3v) is 0.940. The monoisotopic (exact) mass is 206 g/mol. The van der Waals surface area contributed by atoms with E-state index in [1.807, 2.05) is 18.2 Å². The summed E-state index contributed by atoms with van der Waals surface area (Å²) in [5.74, 6) is 0. The van der Waals surface area contributed by atoms with Gasteiger partial charge in [0.1, 0.15) is 0 Å². The molecular weight excluding hydrogens is 196 g/mol. The van der Waals surface area contributed by atoms with E-state index in [9.17, 15) is 0 Å². The van der Waals surface area contributed by atoms with Crippen molar-refractivity contribution in [1.82, 2.24) is 0 Å². The quantitative estimate of drug-likeness (QED) is 0.567. The van der Waals surface area contributed by atoms with Crippen molar-refractivity contribution in [3.05, 3.63) is 35.9 Å². The fraction of sp³-hybridized carbons (Fsp3) is 0.143. The van der Waals surface area contributed by atoms with Crippen molar-refractivity contribution in [2.45, 2.75) is 6.92 Å². The second-order valence-electron chi connectivity index (χ2n) is 1.65. The number of hydrogen-bond acceptors (Lipinski definition) is 0. The van der Waals surface area contributed by atoms with E-state index in [4.69, 9.17) is 0 Å². The van der Waals surface area contributed by atoms with Crippen molar-refractivity contribution in [2.75, 3.05) is 0 Å². The zero-order valence-corrected chi connectivity index (χ0v) is 9.13. The molecule has 38 valence electrons. The Bertz CT molecular complexity index is 134. The molecule has 0 aliphatic heterocycles. The van der Waals surface area contributed by atoms with Gasteiger partial charge in [-0.3, -0.25) is 0 Å². The molecule has 0 radical (unpaired) electrons. The summed E-state index contributed by atoms with van der Waals surface area (Å²) in [6.45, 7) is 2.08. The van der Waals surface area contributed by atoms with Crippen LogP contribution < -0.4 is 0 Å². The van der Waals surface area contributed by atoms with Crippen LogP contribution in [0, 0.1) is 6.92 Å². The summed E-state index contributed by atoms with van der Waals surface area (Å²) in [6, 6.07) is 10.3. The van der Waals surface area contributed by atoms with Crippen LogP contribution in [0.1, 0.15) is 5.56 Å². The second-order valence-corrected chi connectivity index (χ2v) is 1.65. The van der Waals surface area contributed by atoms with Gasteiger partial charge in [0.05, 0.1) is 0 Å². The molecule has 0 N–H and O–H groups in total. The first-order valence-electron chi connectivity index (χ1n) is 2.41. The zero-order valence-electron chi connectivity index (χ0n) is 5.09. The first-order chi connectivity index (χ1) is 3.39. The fourth-order valence-corrected chi connectivity index (χ4v) is 0.534. The maximum absolute atomic E-state index is 2.08. The topological polar surface area (TPSA) is 0 Å². The average Bonchev–Trinajstić information content (AvgIpc) is 1.69. The Balaban J connectivity index is 0.000000490. The molecule has 0 saturated heterocycles. The van der Waals surface area contributed by atoms with Gasteiger partial charge < -0.3 is 0 Å². The van der Waals surface area contributed by atoms with E-state index in [0.717, 1.165) is 0 Å². The van der Waals surface area contributed by atoms with Crippen molar-refractivity contribution in [3.63, 3.8) is 0 Å². The molecule has 0 atom stereocenters. The minimum atomic E-state index is 0. The standard InChI is InChI=1S/C7H8.Cd/c1-7-5-3-2-4-6-7;/h2-6H,1H3;. The first kappa shape index (κ1) is 8.14. The van der Waals surface area contributed by atoms with Crippen LogP contribution in [-0.4, -0.2) is 0 Å². The minimum Gasteiger partial charge on any atom is -0.0622 e. The summed E-state index contributed by atoms with van der Waals surface area (Å²) >= 11 is 0. The van der Waals surface area contributed by atoms with Crippen molar-refractivity contribution in [2.24, 2.45) is 0 Å². The normalized spacial score (nSPS) is 7.62. The predicted octanol–water partition coefficient (Wildman–Crippen LogP) is 1.99. The minimum absolute atomic E-state index is 0. The van der Waals surface area contributed by atoms with Crippen LogP contribution in [0.5, 0.6) is 0 Å². The van der Waals surface area contributed by atoms with Crippen molar-refractivity contribution in [3.8, 4) is 0 Å². The maximum Gasteiger partial charge on any atom is 0 e. The molecule has 0 saturated carbocycles. The fourth-order valence-electron chi connectivity index (χ4n) is 0.534. The molecule has 0 spiro atoms. The zero-order chi connectivity index (χ0) is 5.11. The van der Waals surface area contributed by atoms with Gasteiger partial charge in [-0.1, -0.05) is 35.9 Å². The van der Waals surface area contributed by atoms with Gasteiger partial charge in [0, 0.05) is 27.3 Å². The molecule has 0 unspecified atom stereocenters. The van der Waals surface area contributed by atoms with Gasteiger partial charge >= 0.3 is 0 Å². The molecular formula is C7H8Cd. The van der Waals surface area contributed by atoms with E-state index in [-0.39, 0.29) is 27.3 Å². The maximum atomic E-state index is 2.08. The van der Waals surface area contributed by atoms with Gasteiger partial charge in [-0.05, 0) is 6.92 Å². The molecule has 1 aromatic carbocycles. The largest absolute Gasteiger partial charge is 0.0622 e. The van der Waals surface area contributed by atoms with Crippen LogP contribution in [0.4, 0.5) is 0 Å². The van der Waals surface area contributed by atoms with Crippen molar-refractivity contribution >= 4 is 0 Å². The molecule has 0 aromatic heterocycles. The number of benzene rings is 1. The van der Waals surface area contributed by atoms with Gasteiger partial charge in [-0.15, -0.1) is 0 Å². The predicted molar refractivity (Wildman–Crippen MR) is 31.2 cm³/mol. The van der Waals surface area contributed by atoms with Crippen molar-refractivity contribution in [1.29, 1.82) is 0 Å². The van der Waals surface area contributed by atoms with E-state index in [1.54, 1.807) is 0 Å². The average molecular weight is 205 g/mol. The summed E-state index contributed by atoms with van der Waals surface area (Å²) in [5.41, 5.74) is 1.32. The van der Waals surface area contributed by atoms with Crippen LogP contribution in [0.25, 0.3) is 0 Å². The molecule has 0 fully saturated rings. The van der Waals surface area contributed by atoms with Gasteiger partial charge in [0.2, 0.25) is 0 Å². The third-order valence-electron chi connectivity index (χ3n) is 0.940. The van der Waals surface area contributed by atoms with Crippen LogP contribution in [-0.2, 0) is 27.3 Å². The Kier molecular flexibility index (Phi) is 4.14. The Morgan fingerprint density at radius 3 is 1.75 bits per heavy atom. The summed E-state index contributed by atoms with van der Waals surface area (Å²) in [4.78, 5) is 0. The second kappa shape index (κ2) is 4.06. The Hall–Kier alpha value is 0.142. The van der Waals surface area contributed by atoms with Crippen LogP contribution in [0.15, 0.2) is 30.3 Å². The van der Waals surface area contributed by atoms with E-state index in [1.165, 1.54) is 5.56 Å². The van der Waals surface area contributed by atoms with E-state index in [2.05, 4.69) is 19.1 Å². The third kappa shape index (κ3) is 2.45. The van der Waals surface area contributed by atoms with Gasteiger partial charge in [0.25, 0.3) is 0 Å². The van der Waals surface area contributed by atoms with Crippen LogP contribution in [0.2, 0.25) is 0 Å². The molecule has 0 amide bonds. The Morgan fingerprint density at radius 2 is 1.50 bits per heavy atom. The summed E-state index contributed by atoms with van der Waals surface area (Å²) in [7, 11) is 0. The van der Waals surface area contributed by atoms with E-state index >= 15 is 0 Å². The Labute approximate surface area is 70.1 Å². The molecule has 0 aliphatic carbocycles. The molecule has 0 bridgehead atoms. The van der Waals surface area contributed by atoms with Gasteiger partial charge in [-0.25, -0.2) is 0 Å². The van der Waals surface area contributed by atoms with E-state index < -0.39 is 0 Å². The summed E-state index contributed by atoms with van der Waals surface area (Å²) in [6.07, 6.45) is 0. The molecule has 1 heteroatoms. The summed E-state index contributed by atoms with van der Waals surface area (Å²) in [5, 5.41) is 0. The number of aryl methyl sites for hydroxylation is 1. The molecule has 0 heterocycles. The Morgan fingerprint density at radius 1 is 1.00 bits per heavy atom. The van der Waals surface area contributed by atoms with Crippen LogP contribution >= 0.6 is 0 Å². The molecule has 0 aliphatic rings.